The number of likely N-dealkylation sites (N-methyl/N-ethyl adjacent to an activating group) is 1. The molecule has 6 heteroatoms. The van der Waals surface area contributed by atoms with E-state index in [1.165, 1.54) is 17.0 Å². The van der Waals surface area contributed by atoms with Crippen LogP contribution in [0.2, 0.25) is 10.0 Å². The van der Waals surface area contributed by atoms with Crippen molar-refractivity contribution in [3.8, 4) is 0 Å². The van der Waals surface area contributed by atoms with Gasteiger partial charge in [-0.1, -0.05) is 40.9 Å². The van der Waals surface area contributed by atoms with Gasteiger partial charge >= 0.3 is 0 Å². The zero-order valence-corrected chi connectivity index (χ0v) is 14.3. The molecule has 0 aliphatic rings. The summed E-state index contributed by atoms with van der Waals surface area (Å²) in [6, 6.07) is 12.0. The Morgan fingerprint density at radius 1 is 1.04 bits per heavy atom. The molecule has 2 rings (SSSR count). The lowest BCUT2D eigenvalue weighted by molar-refractivity contribution is -0.116. The van der Waals surface area contributed by atoms with Crippen LogP contribution in [0.3, 0.4) is 0 Å². The number of nitrogens with zero attached hydrogens (tertiary/aromatic N) is 1. The lowest BCUT2D eigenvalue weighted by Gasteiger charge is -2.17. The van der Waals surface area contributed by atoms with Crippen LogP contribution in [0.4, 0.5) is 5.69 Å². The van der Waals surface area contributed by atoms with Gasteiger partial charge in [0.1, 0.15) is 0 Å². The van der Waals surface area contributed by atoms with Gasteiger partial charge in [0.2, 0.25) is 5.91 Å². The molecular formula is C17H16Cl2N2O2. The molecule has 0 atom stereocenters. The van der Waals surface area contributed by atoms with Crippen molar-refractivity contribution in [2.75, 3.05) is 18.9 Å². The molecule has 120 valence electrons. The number of halogens is 2. The predicted octanol–water partition coefficient (Wildman–Crippen LogP) is 4.01. The first-order valence-electron chi connectivity index (χ1n) is 6.93. The quantitative estimate of drug-likeness (QED) is 0.905. The Labute approximate surface area is 145 Å². The molecule has 0 unspecified atom stereocenters. The minimum Gasteiger partial charge on any atom is -0.332 e. The van der Waals surface area contributed by atoms with Gasteiger partial charge in [0, 0.05) is 28.3 Å². The minimum absolute atomic E-state index is 0.0726. The van der Waals surface area contributed by atoms with Gasteiger partial charge in [-0.15, -0.1) is 0 Å². The maximum atomic E-state index is 12.3. The molecule has 1 N–H and O–H groups in total. The van der Waals surface area contributed by atoms with Crippen LogP contribution in [0.15, 0.2) is 42.5 Å². The lowest BCUT2D eigenvalue weighted by Crippen LogP contribution is -2.34. The summed E-state index contributed by atoms with van der Waals surface area (Å²) in [4.78, 5) is 25.6. The third-order valence-electron chi connectivity index (χ3n) is 3.17. The maximum Gasteiger partial charge on any atom is 0.254 e. The number of amides is 2. The summed E-state index contributed by atoms with van der Waals surface area (Å²) in [5, 5.41) is 3.49. The average Bonchev–Trinajstić information content (AvgIpc) is 2.47. The maximum absolute atomic E-state index is 12.3. The number of hydrogen-bond donors (Lipinski definition) is 1. The molecule has 4 nitrogen and oxygen atoms in total. The Morgan fingerprint density at radius 3 is 2.17 bits per heavy atom. The molecular weight excluding hydrogens is 335 g/mol. The van der Waals surface area contributed by atoms with Gasteiger partial charge in [0.15, 0.2) is 0 Å². The van der Waals surface area contributed by atoms with Crippen LogP contribution in [-0.4, -0.2) is 30.3 Å². The van der Waals surface area contributed by atoms with E-state index in [0.717, 1.165) is 5.56 Å². The van der Waals surface area contributed by atoms with Crippen molar-refractivity contribution < 1.29 is 9.59 Å². The summed E-state index contributed by atoms with van der Waals surface area (Å²) in [5.41, 5.74) is 2.13. The first-order valence-corrected chi connectivity index (χ1v) is 7.69. The molecule has 0 aliphatic carbocycles. The third-order valence-corrected chi connectivity index (χ3v) is 3.61. The number of nitrogens with one attached hydrogen (secondary N) is 1. The van der Waals surface area contributed by atoms with Crippen molar-refractivity contribution in [3.05, 3.63) is 63.6 Å². The zero-order valence-electron chi connectivity index (χ0n) is 12.8. The summed E-state index contributed by atoms with van der Waals surface area (Å²) in [7, 11) is 1.55. The first kappa shape index (κ1) is 17.3. The highest BCUT2D eigenvalue weighted by Crippen LogP contribution is 2.20. The van der Waals surface area contributed by atoms with Crippen molar-refractivity contribution in [2.24, 2.45) is 0 Å². The second-order valence-electron chi connectivity index (χ2n) is 5.23. The van der Waals surface area contributed by atoms with E-state index >= 15 is 0 Å². The van der Waals surface area contributed by atoms with E-state index in [-0.39, 0.29) is 18.4 Å². The summed E-state index contributed by atoms with van der Waals surface area (Å²) >= 11 is 11.8. The Morgan fingerprint density at radius 2 is 1.61 bits per heavy atom. The van der Waals surface area contributed by atoms with Crippen molar-refractivity contribution >= 4 is 40.7 Å². The Bertz CT molecular complexity index is 710. The minimum atomic E-state index is -0.326. The Hall–Kier alpha value is -2.04. The van der Waals surface area contributed by atoms with Gasteiger partial charge in [0.05, 0.1) is 6.54 Å². The zero-order chi connectivity index (χ0) is 17.0. The molecule has 0 aromatic heterocycles. The highest BCUT2D eigenvalue weighted by atomic mass is 35.5. The molecule has 0 saturated carbocycles. The first-order chi connectivity index (χ1) is 10.8. The molecule has 2 amide bonds. The second kappa shape index (κ2) is 7.49. The fourth-order valence-electron chi connectivity index (χ4n) is 2.02. The van der Waals surface area contributed by atoms with E-state index in [2.05, 4.69) is 5.32 Å². The normalized spacial score (nSPS) is 10.3. The van der Waals surface area contributed by atoms with Crippen LogP contribution in [-0.2, 0) is 4.79 Å². The molecule has 2 aromatic rings. The fraction of sp³-hybridized carbons (Fsp3) is 0.176. The van der Waals surface area contributed by atoms with E-state index in [9.17, 15) is 9.59 Å². The molecule has 0 bridgehead atoms. The van der Waals surface area contributed by atoms with E-state index in [1.807, 2.05) is 31.2 Å². The number of carbonyl (C=O) groups excluding carboxylic acids is 2. The predicted molar refractivity (Wildman–Crippen MR) is 93.2 cm³/mol. The van der Waals surface area contributed by atoms with Crippen LogP contribution >= 0.6 is 23.2 Å². The largest absolute Gasteiger partial charge is 0.332 e. The van der Waals surface area contributed by atoms with Gasteiger partial charge in [0.25, 0.3) is 5.91 Å². The second-order valence-corrected chi connectivity index (χ2v) is 6.11. The lowest BCUT2D eigenvalue weighted by atomic mass is 10.2. The van der Waals surface area contributed by atoms with Crippen molar-refractivity contribution in [3.63, 3.8) is 0 Å². The molecule has 0 heterocycles. The average molecular weight is 351 g/mol. The van der Waals surface area contributed by atoms with E-state index in [1.54, 1.807) is 13.1 Å². The number of hydrogen-bond acceptors (Lipinski definition) is 2. The van der Waals surface area contributed by atoms with E-state index < -0.39 is 0 Å². The number of carbonyl (C=O) groups is 2. The molecule has 0 radical (unpaired) electrons. The van der Waals surface area contributed by atoms with Crippen LogP contribution in [0, 0.1) is 6.92 Å². The van der Waals surface area contributed by atoms with Gasteiger partial charge in [-0.3, -0.25) is 9.59 Å². The molecule has 0 fully saturated rings. The van der Waals surface area contributed by atoms with Crippen molar-refractivity contribution in [1.29, 1.82) is 0 Å². The Balaban J connectivity index is 1.99. The van der Waals surface area contributed by atoms with Crippen LogP contribution in [0.5, 0.6) is 0 Å². The van der Waals surface area contributed by atoms with Crippen LogP contribution < -0.4 is 5.32 Å². The Kier molecular flexibility index (Phi) is 5.64. The summed E-state index contributed by atoms with van der Waals surface area (Å²) in [5.74, 6) is -0.605. The van der Waals surface area contributed by atoms with Crippen LogP contribution in [0.1, 0.15) is 15.9 Å². The number of anilines is 1. The van der Waals surface area contributed by atoms with Crippen LogP contribution in [0.25, 0.3) is 0 Å². The molecule has 2 aromatic carbocycles. The molecule has 23 heavy (non-hydrogen) atoms. The molecule has 0 spiro atoms. The van der Waals surface area contributed by atoms with Gasteiger partial charge in [-0.05, 0) is 37.3 Å². The van der Waals surface area contributed by atoms with Gasteiger partial charge in [-0.25, -0.2) is 0 Å². The highest BCUT2D eigenvalue weighted by molar-refractivity contribution is 6.35. The molecule has 0 aliphatic heterocycles. The van der Waals surface area contributed by atoms with Gasteiger partial charge < -0.3 is 10.2 Å². The molecule has 0 saturated heterocycles. The number of rotatable bonds is 4. The summed E-state index contributed by atoms with van der Waals surface area (Å²) in [6.07, 6.45) is 0. The van der Waals surface area contributed by atoms with E-state index in [0.29, 0.717) is 21.3 Å². The topological polar surface area (TPSA) is 49.4 Å². The van der Waals surface area contributed by atoms with E-state index in [4.69, 9.17) is 23.2 Å². The SMILES string of the molecule is Cc1ccc(NC(=O)CN(C)C(=O)c2cc(Cl)cc(Cl)c2)cc1. The number of benzene rings is 2. The smallest absolute Gasteiger partial charge is 0.254 e. The highest BCUT2D eigenvalue weighted by Gasteiger charge is 2.16. The van der Waals surface area contributed by atoms with Crippen molar-refractivity contribution in [1.82, 2.24) is 4.90 Å². The van der Waals surface area contributed by atoms with Crippen molar-refractivity contribution in [2.45, 2.75) is 6.92 Å². The summed E-state index contributed by atoms with van der Waals surface area (Å²) in [6.45, 7) is 1.89. The fourth-order valence-corrected chi connectivity index (χ4v) is 2.55. The monoisotopic (exact) mass is 350 g/mol. The standard InChI is InChI=1S/C17H16Cl2N2O2/c1-11-3-5-15(6-4-11)20-16(22)10-21(2)17(23)12-7-13(18)9-14(19)8-12/h3-9H,10H2,1-2H3,(H,20,22). The third kappa shape index (κ3) is 4.98. The summed E-state index contributed by atoms with van der Waals surface area (Å²) < 4.78 is 0. The number of aryl methyl sites for hydroxylation is 1. The van der Waals surface area contributed by atoms with Gasteiger partial charge in [-0.2, -0.15) is 0 Å².